The van der Waals surface area contributed by atoms with Crippen LogP contribution in [0.2, 0.25) is 0 Å². The molecule has 25 heavy (non-hydrogen) atoms. The van der Waals surface area contributed by atoms with Gasteiger partial charge in [-0.25, -0.2) is 0 Å². The van der Waals surface area contributed by atoms with Crippen LogP contribution in [-0.4, -0.2) is 43.6 Å². The molecule has 0 spiro atoms. The van der Waals surface area contributed by atoms with Crippen LogP contribution in [0.5, 0.6) is 5.75 Å². The van der Waals surface area contributed by atoms with E-state index in [1.54, 1.807) is 0 Å². The van der Waals surface area contributed by atoms with Gasteiger partial charge in [-0.1, -0.05) is 36.4 Å². The monoisotopic (exact) mass is 336 g/mol. The summed E-state index contributed by atoms with van der Waals surface area (Å²) in [5, 5.41) is 0. The lowest BCUT2D eigenvalue weighted by Gasteiger charge is -2.37. The topological polar surface area (TPSA) is 32.8 Å². The van der Waals surface area contributed by atoms with Crippen molar-refractivity contribution in [1.82, 2.24) is 4.90 Å². The van der Waals surface area contributed by atoms with E-state index in [-0.39, 0.29) is 11.8 Å². The lowest BCUT2D eigenvalue weighted by atomic mass is 9.90. The highest BCUT2D eigenvalue weighted by Gasteiger charge is 2.27. The third kappa shape index (κ3) is 3.48. The van der Waals surface area contributed by atoms with E-state index >= 15 is 0 Å². The SMILES string of the molecule is O=C(CC1CCOc2ccccc21)N1CCN(c2ccccc2)CC1. The van der Waals surface area contributed by atoms with Crippen LogP contribution in [0.1, 0.15) is 24.3 Å². The summed E-state index contributed by atoms with van der Waals surface area (Å²) in [6.07, 6.45) is 1.51. The molecule has 2 aromatic rings. The average molecular weight is 336 g/mol. The zero-order valence-corrected chi connectivity index (χ0v) is 14.4. The van der Waals surface area contributed by atoms with E-state index < -0.39 is 0 Å². The Labute approximate surface area is 149 Å². The van der Waals surface area contributed by atoms with Gasteiger partial charge in [-0.3, -0.25) is 4.79 Å². The maximum Gasteiger partial charge on any atom is 0.223 e. The maximum absolute atomic E-state index is 12.8. The Hall–Kier alpha value is -2.49. The Morgan fingerprint density at radius 1 is 0.960 bits per heavy atom. The number of carbonyl (C=O) groups is 1. The molecule has 2 aliphatic heterocycles. The molecule has 0 N–H and O–H groups in total. The van der Waals surface area contributed by atoms with Crippen LogP contribution in [0, 0.1) is 0 Å². The summed E-state index contributed by atoms with van der Waals surface area (Å²) in [5.74, 6) is 1.50. The van der Waals surface area contributed by atoms with Crippen molar-refractivity contribution in [2.24, 2.45) is 0 Å². The van der Waals surface area contributed by atoms with Gasteiger partial charge in [0.2, 0.25) is 5.91 Å². The number of amides is 1. The van der Waals surface area contributed by atoms with E-state index in [1.807, 2.05) is 29.2 Å². The number of nitrogens with zero attached hydrogens (tertiary/aromatic N) is 2. The molecular formula is C21H24N2O2. The maximum atomic E-state index is 12.8. The van der Waals surface area contributed by atoms with Crippen LogP contribution in [0.3, 0.4) is 0 Å². The largest absolute Gasteiger partial charge is 0.493 e. The van der Waals surface area contributed by atoms with Gasteiger partial charge in [0.1, 0.15) is 5.75 Å². The van der Waals surface area contributed by atoms with Crippen LogP contribution >= 0.6 is 0 Å². The summed E-state index contributed by atoms with van der Waals surface area (Å²) < 4.78 is 5.71. The summed E-state index contributed by atoms with van der Waals surface area (Å²) >= 11 is 0. The highest BCUT2D eigenvalue weighted by atomic mass is 16.5. The normalized spacial score (nSPS) is 19.9. The second kappa shape index (κ2) is 7.18. The van der Waals surface area contributed by atoms with Gasteiger partial charge in [-0.15, -0.1) is 0 Å². The van der Waals surface area contributed by atoms with Gasteiger partial charge in [0.05, 0.1) is 6.61 Å². The smallest absolute Gasteiger partial charge is 0.223 e. The second-order valence-corrected chi connectivity index (χ2v) is 6.78. The predicted octanol–water partition coefficient (Wildman–Crippen LogP) is 3.29. The van der Waals surface area contributed by atoms with Crippen molar-refractivity contribution in [2.45, 2.75) is 18.8 Å². The van der Waals surface area contributed by atoms with E-state index in [0.717, 1.165) is 38.3 Å². The third-order valence-electron chi connectivity index (χ3n) is 5.26. The quantitative estimate of drug-likeness (QED) is 0.862. The first-order valence-electron chi connectivity index (χ1n) is 9.11. The average Bonchev–Trinajstić information content (AvgIpc) is 2.69. The van der Waals surface area contributed by atoms with Crippen molar-refractivity contribution < 1.29 is 9.53 Å². The Morgan fingerprint density at radius 3 is 2.48 bits per heavy atom. The van der Waals surface area contributed by atoms with Crippen molar-refractivity contribution in [1.29, 1.82) is 0 Å². The molecule has 0 saturated carbocycles. The number of benzene rings is 2. The van der Waals surface area contributed by atoms with Crippen molar-refractivity contribution in [3.63, 3.8) is 0 Å². The number of rotatable bonds is 3. The zero-order chi connectivity index (χ0) is 17.1. The first-order valence-corrected chi connectivity index (χ1v) is 9.11. The van der Waals surface area contributed by atoms with Crippen LogP contribution < -0.4 is 9.64 Å². The summed E-state index contributed by atoms with van der Waals surface area (Å²) in [5.41, 5.74) is 2.43. The Bertz CT molecular complexity index is 724. The Morgan fingerprint density at radius 2 is 1.68 bits per heavy atom. The summed E-state index contributed by atoms with van der Waals surface area (Å²) in [7, 11) is 0. The molecule has 2 aliphatic rings. The van der Waals surface area contributed by atoms with Gasteiger partial charge >= 0.3 is 0 Å². The minimum Gasteiger partial charge on any atom is -0.493 e. The highest BCUT2D eigenvalue weighted by molar-refractivity contribution is 5.77. The number of carbonyl (C=O) groups excluding carboxylic acids is 1. The fourth-order valence-electron chi connectivity index (χ4n) is 3.82. The molecule has 0 bridgehead atoms. The van der Waals surface area contributed by atoms with Crippen LogP contribution in [0.4, 0.5) is 5.69 Å². The molecule has 2 heterocycles. The number of piperazine rings is 1. The van der Waals surface area contributed by atoms with E-state index in [4.69, 9.17) is 4.74 Å². The van der Waals surface area contributed by atoms with Gasteiger partial charge in [0.15, 0.2) is 0 Å². The lowest BCUT2D eigenvalue weighted by Crippen LogP contribution is -2.49. The standard InChI is InChI=1S/C21H24N2O2/c24-21(16-17-10-15-25-20-9-5-4-8-19(17)20)23-13-11-22(12-14-23)18-6-2-1-3-7-18/h1-9,17H,10-16H2. The molecule has 1 amide bonds. The van der Waals surface area contributed by atoms with Gasteiger partial charge in [0, 0.05) is 38.3 Å². The lowest BCUT2D eigenvalue weighted by molar-refractivity contribution is -0.132. The highest BCUT2D eigenvalue weighted by Crippen LogP contribution is 2.35. The fourth-order valence-corrected chi connectivity index (χ4v) is 3.82. The summed E-state index contributed by atoms with van der Waals surface area (Å²) in [6.45, 7) is 4.12. The van der Waals surface area contributed by atoms with Gasteiger partial charge < -0.3 is 14.5 Å². The number of para-hydroxylation sites is 2. The molecule has 0 radical (unpaired) electrons. The van der Waals surface area contributed by atoms with Crippen LogP contribution in [0.25, 0.3) is 0 Å². The molecule has 4 rings (SSSR count). The van der Waals surface area contributed by atoms with Gasteiger partial charge in [-0.2, -0.15) is 0 Å². The number of hydrogen-bond acceptors (Lipinski definition) is 3. The van der Waals surface area contributed by atoms with Crippen molar-refractivity contribution in [3.8, 4) is 5.75 Å². The fraction of sp³-hybridized carbons (Fsp3) is 0.381. The summed E-state index contributed by atoms with van der Waals surface area (Å²) in [4.78, 5) is 17.2. The number of ether oxygens (including phenoxy) is 1. The zero-order valence-electron chi connectivity index (χ0n) is 14.4. The van der Waals surface area contributed by atoms with Crippen molar-refractivity contribution >= 4 is 11.6 Å². The van der Waals surface area contributed by atoms with Crippen LogP contribution in [0.15, 0.2) is 54.6 Å². The molecule has 1 fully saturated rings. The number of hydrogen-bond donors (Lipinski definition) is 0. The molecule has 1 saturated heterocycles. The minimum atomic E-state index is 0.273. The molecular weight excluding hydrogens is 312 g/mol. The van der Waals surface area contributed by atoms with Crippen molar-refractivity contribution in [2.75, 3.05) is 37.7 Å². The van der Waals surface area contributed by atoms with Crippen LogP contribution in [-0.2, 0) is 4.79 Å². The Kier molecular flexibility index (Phi) is 4.59. The molecule has 0 aromatic heterocycles. The first-order chi connectivity index (χ1) is 12.3. The Balaban J connectivity index is 1.36. The minimum absolute atomic E-state index is 0.273. The van der Waals surface area contributed by atoms with Crippen molar-refractivity contribution in [3.05, 3.63) is 60.2 Å². The molecule has 1 unspecified atom stereocenters. The second-order valence-electron chi connectivity index (χ2n) is 6.78. The van der Waals surface area contributed by atoms with Gasteiger partial charge in [0.25, 0.3) is 0 Å². The van der Waals surface area contributed by atoms with Gasteiger partial charge in [-0.05, 0) is 36.1 Å². The first kappa shape index (κ1) is 16.0. The van der Waals surface area contributed by atoms with E-state index in [2.05, 4.69) is 35.2 Å². The van der Waals surface area contributed by atoms with E-state index in [1.165, 1.54) is 11.3 Å². The molecule has 4 heteroatoms. The van der Waals surface area contributed by atoms with E-state index in [0.29, 0.717) is 13.0 Å². The summed E-state index contributed by atoms with van der Waals surface area (Å²) in [6, 6.07) is 18.6. The predicted molar refractivity (Wildman–Crippen MR) is 99.1 cm³/mol. The third-order valence-corrected chi connectivity index (χ3v) is 5.26. The molecule has 130 valence electrons. The molecule has 1 atom stereocenters. The van der Waals surface area contributed by atoms with E-state index in [9.17, 15) is 4.79 Å². The number of anilines is 1. The molecule has 0 aliphatic carbocycles. The molecule has 2 aromatic carbocycles. The number of fused-ring (bicyclic) bond motifs is 1. The molecule has 4 nitrogen and oxygen atoms in total.